The summed E-state index contributed by atoms with van der Waals surface area (Å²) in [6, 6.07) is 0. The number of hydrogen-bond acceptors (Lipinski definition) is 1. The molecule has 0 fully saturated rings. The first-order valence-electron chi connectivity index (χ1n) is 0.183. The zero-order valence-corrected chi connectivity index (χ0v) is 8.28. The standard InChI is InChI=1S/4ClH.NO.Os/c;;;;1-2;/h4*1H;;/q;;;;+1;/p-4. The zero-order valence-electron chi connectivity index (χ0n) is 2.72. The second kappa shape index (κ2) is 145. The Labute approximate surface area is 79.4 Å². The molecule has 0 saturated heterocycles. The third-order valence-electron chi connectivity index (χ3n) is 0. The van der Waals surface area contributed by atoms with Gasteiger partial charge in [-0.3, -0.25) is 0 Å². The molecule has 0 radical (unpaired) electrons. The molecule has 0 aliphatic heterocycles. The van der Waals surface area contributed by atoms with E-state index in [0.29, 0.717) is 0 Å². The van der Waals surface area contributed by atoms with Crippen LogP contribution in [-0.2, 0) is 24.6 Å². The third kappa shape index (κ3) is 104. The van der Waals surface area contributed by atoms with Gasteiger partial charge in [0.25, 0.3) is 0 Å². The fourth-order valence-electron chi connectivity index (χ4n) is 0. The third-order valence-corrected chi connectivity index (χ3v) is 0. The summed E-state index contributed by atoms with van der Waals surface area (Å²) in [5, 5.41) is 0. The molecule has 0 bridgehead atoms. The van der Waals surface area contributed by atoms with Gasteiger partial charge in [-0.25, -0.2) is 0 Å². The van der Waals surface area contributed by atoms with Crippen LogP contribution in [0.25, 0.3) is 0 Å². The van der Waals surface area contributed by atoms with Crippen molar-refractivity contribution < 1.29 is 74.2 Å². The first-order valence-corrected chi connectivity index (χ1v) is 0.183. The quantitative estimate of drug-likeness (QED) is 0.395. The van der Waals surface area contributed by atoms with E-state index in [1.165, 1.54) is 0 Å². The normalized spacial score (nSPS) is 0.286. The van der Waals surface area contributed by atoms with E-state index < -0.39 is 0 Å². The Hall–Kier alpha value is 1.47. The molecule has 0 unspecified atom stereocenters. The number of hydrogen-bond donors (Lipinski definition) is 0. The Morgan fingerprint density at radius 1 is 0.714 bits per heavy atom. The molecule has 2 nitrogen and oxygen atoms in total. The van der Waals surface area contributed by atoms with Crippen LogP contribution in [-0.4, -0.2) is 0 Å². The van der Waals surface area contributed by atoms with Crippen LogP contribution in [0.2, 0.25) is 0 Å². The van der Waals surface area contributed by atoms with Crippen molar-refractivity contribution in [2.45, 2.75) is 0 Å². The van der Waals surface area contributed by atoms with E-state index in [9.17, 15) is 0 Å². The molecule has 0 rings (SSSR count). The van der Waals surface area contributed by atoms with Gasteiger partial charge >= 0.3 is 10.2 Å². The van der Waals surface area contributed by atoms with Crippen LogP contribution in [0.15, 0.2) is 0 Å². The van der Waals surface area contributed by atoms with Gasteiger partial charge in [-0.2, -0.15) is 0 Å². The van der Waals surface area contributed by atoms with E-state index in [1.807, 2.05) is 0 Å². The predicted octanol–water partition coefficient (Wildman–Crippen LogP) is -12.1. The van der Waals surface area contributed by atoms with Crippen molar-refractivity contribution >= 4 is 0 Å². The average Bonchev–Trinajstić information content (AvgIpc) is 1.00. The monoisotopic (exact) mass is 362 g/mol. The number of halogens is 4. The van der Waals surface area contributed by atoms with Gasteiger partial charge in [0, 0.05) is 19.8 Å². The molecule has 0 atom stereocenters. The van der Waals surface area contributed by atoms with E-state index in [-0.39, 0.29) is 69.4 Å². The fourth-order valence-corrected chi connectivity index (χ4v) is 0. The van der Waals surface area contributed by atoms with Crippen LogP contribution in [0.4, 0.5) is 0 Å². The Morgan fingerprint density at radius 3 is 0.714 bits per heavy atom. The molecule has 0 aliphatic rings. The van der Waals surface area contributed by atoms with Crippen molar-refractivity contribution in [3.8, 4) is 0 Å². The molecular formula is Cl4NOOs-3. The molecule has 7 heteroatoms. The average molecular weight is 362 g/mol. The molecule has 50 valence electrons. The van der Waals surface area contributed by atoms with Gasteiger partial charge in [0.05, 0.1) is 0 Å². The summed E-state index contributed by atoms with van der Waals surface area (Å²) in [5.41, 5.74) is 5.75. The van der Waals surface area contributed by atoms with Crippen LogP contribution in [0.5, 0.6) is 0 Å². The van der Waals surface area contributed by atoms with Crippen LogP contribution in [0.3, 0.4) is 0 Å². The van der Waals surface area contributed by atoms with Crippen LogP contribution in [0.1, 0.15) is 0 Å². The number of nitrogens with zero attached hydrogens (tertiary/aromatic N) is 1. The molecule has 0 aliphatic carbocycles. The number of rotatable bonds is 0. The van der Waals surface area contributed by atoms with Crippen molar-refractivity contribution in [3.63, 3.8) is 0 Å². The van der Waals surface area contributed by atoms with Gasteiger partial charge < -0.3 is 49.6 Å². The minimum Gasteiger partial charge on any atom is -1.00 e. The Bertz CT molecular complexity index is 16.4. The summed E-state index contributed by atoms with van der Waals surface area (Å²) in [6.45, 7) is 0. The summed E-state index contributed by atoms with van der Waals surface area (Å²) in [5.74, 6) is 0. The largest absolute Gasteiger partial charge is 1.00 e. The molecule has 0 N–H and O–H groups in total. The summed E-state index contributed by atoms with van der Waals surface area (Å²) in [6.07, 6.45) is 0. The zero-order chi connectivity index (χ0) is 2.00. The smallest absolute Gasteiger partial charge is 0 e. The van der Waals surface area contributed by atoms with Crippen molar-refractivity contribution in [2.24, 2.45) is 0 Å². The van der Waals surface area contributed by atoms with Gasteiger partial charge in [-0.1, -0.05) is 0 Å². The minimum absolute atomic E-state index is 0. The van der Waals surface area contributed by atoms with E-state index in [2.05, 4.69) is 0 Å². The van der Waals surface area contributed by atoms with Crippen molar-refractivity contribution in [1.82, 2.24) is 0 Å². The summed E-state index contributed by atoms with van der Waals surface area (Å²) in [7, 11) is 0. The molecule has 0 spiro atoms. The van der Waals surface area contributed by atoms with Gasteiger partial charge in [0.15, 0.2) is 0 Å². The van der Waals surface area contributed by atoms with E-state index in [1.54, 1.807) is 0 Å². The van der Waals surface area contributed by atoms with Crippen LogP contribution < -0.4 is 49.6 Å². The van der Waals surface area contributed by atoms with Crippen molar-refractivity contribution in [2.75, 3.05) is 0 Å². The van der Waals surface area contributed by atoms with Gasteiger partial charge in [-0.05, 0) is 0 Å². The molecule has 0 saturated carbocycles. The van der Waals surface area contributed by atoms with E-state index in [0.717, 1.165) is 0 Å². The molecule has 0 heterocycles. The Balaban J connectivity index is -0.000000000500. The molecular weight excluding hydrogens is 362 g/mol. The van der Waals surface area contributed by atoms with Gasteiger partial charge in [0.2, 0.25) is 0 Å². The molecule has 0 aromatic heterocycles. The first-order chi connectivity index (χ1) is 1.00. The Morgan fingerprint density at radius 2 is 0.714 bits per heavy atom. The van der Waals surface area contributed by atoms with Gasteiger partial charge in [-0.15, -0.1) is 0 Å². The van der Waals surface area contributed by atoms with Gasteiger partial charge in [0.1, 0.15) is 0 Å². The van der Waals surface area contributed by atoms with Crippen LogP contribution in [0, 0.1) is 5.46 Å². The minimum atomic E-state index is 0. The van der Waals surface area contributed by atoms with Crippen molar-refractivity contribution in [3.05, 3.63) is 0 Å². The first kappa shape index (κ1) is 77.6. The second-order valence-corrected chi connectivity index (χ2v) is 0. The molecule has 7 heavy (non-hydrogen) atoms. The maximum absolute atomic E-state index is 7.25. The van der Waals surface area contributed by atoms with Crippen LogP contribution >= 0.6 is 0 Å². The molecule has 0 amide bonds. The predicted molar refractivity (Wildman–Crippen MR) is 2.41 cm³/mol. The maximum Gasteiger partial charge on any atom is 0 e. The second-order valence-electron chi connectivity index (χ2n) is 0. The maximum atomic E-state index is 7.25. The van der Waals surface area contributed by atoms with E-state index >= 15 is 0 Å². The molecule has 0 aromatic rings. The Kier molecular flexibility index (Phi) is 1610. The summed E-state index contributed by atoms with van der Waals surface area (Å²) in [4.78, 5) is 0. The summed E-state index contributed by atoms with van der Waals surface area (Å²) < 4.78 is 7.25. The van der Waals surface area contributed by atoms with Crippen molar-refractivity contribution in [1.29, 1.82) is 5.46 Å². The summed E-state index contributed by atoms with van der Waals surface area (Å²) >= 11 is 0. The topological polar surface area (TPSA) is 43.7 Å². The molecule has 0 aromatic carbocycles. The SMILES string of the molecule is N#[O+].[Cl-].[Cl-].[Cl-].[Cl-].[Os]. The van der Waals surface area contributed by atoms with E-state index in [4.69, 9.17) is 10.2 Å². The fraction of sp³-hybridized carbons (Fsp3) is 0.